The van der Waals surface area contributed by atoms with E-state index in [0.29, 0.717) is 0 Å². The quantitative estimate of drug-likeness (QED) is 0.646. The van der Waals surface area contributed by atoms with Gasteiger partial charge in [-0.05, 0) is 12.6 Å². The minimum atomic E-state index is -7.51. The predicted molar refractivity (Wildman–Crippen MR) is 38.3 cm³/mol. The topological polar surface area (TPSA) is 0 Å². The molecule has 0 atom stereocenters. The highest BCUT2D eigenvalue weighted by Crippen LogP contribution is 2.58. The molecular formula is C6HF12S. The SMILES string of the molecule is FC(F)C(F)(F)C(F)(F)C(F)(F)C(F)(F)C(F)(F)[S]. The average Bonchev–Trinajstić information content (AvgIpc) is 2.14. The summed E-state index contributed by atoms with van der Waals surface area (Å²) < 4.78 is 146. The highest BCUT2D eigenvalue weighted by Gasteiger charge is 2.87. The molecule has 0 N–H and O–H groups in total. The third-order valence-corrected chi connectivity index (χ3v) is 2.10. The van der Waals surface area contributed by atoms with Gasteiger partial charge in [0.25, 0.3) is 0 Å². The molecule has 0 aromatic rings. The molecule has 0 saturated carbocycles. The Bertz CT molecular complexity index is 328. The van der Waals surface area contributed by atoms with Gasteiger partial charge in [-0.3, -0.25) is 0 Å². The van der Waals surface area contributed by atoms with Crippen LogP contribution in [0.1, 0.15) is 0 Å². The Kier molecular flexibility index (Phi) is 4.40. The molecule has 0 unspecified atom stereocenters. The van der Waals surface area contributed by atoms with Crippen molar-refractivity contribution in [3.63, 3.8) is 0 Å². The molecule has 0 aliphatic carbocycles. The van der Waals surface area contributed by atoms with E-state index in [9.17, 15) is 52.7 Å². The molecule has 0 aromatic heterocycles. The van der Waals surface area contributed by atoms with Crippen LogP contribution in [0.4, 0.5) is 52.7 Å². The lowest BCUT2D eigenvalue weighted by Crippen LogP contribution is -2.67. The molecule has 0 nitrogen and oxygen atoms in total. The summed E-state index contributed by atoms with van der Waals surface area (Å²) in [6.07, 6.45) is -5.50. The first-order valence-corrected chi connectivity index (χ1v) is 4.23. The molecule has 1 radical (unpaired) electrons. The van der Waals surface area contributed by atoms with Gasteiger partial charge in [0, 0.05) is 0 Å². The lowest BCUT2D eigenvalue weighted by Gasteiger charge is -2.37. The standard InChI is InChI=1S/C6HF12S/c7-1(8)2(9,10)3(11,12)4(13,14)5(15,16)6(17,18)19/h1H. The molecule has 0 saturated heterocycles. The summed E-state index contributed by atoms with van der Waals surface area (Å²) in [5.41, 5.74) is 0. The van der Waals surface area contributed by atoms with Gasteiger partial charge >= 0.3 is 35.4 Å². The van der Waals surface area contributed by atoms with Gasteiger partial charge < -0.3 is 0 Å². The maximum atomic E-state index is 12.5. The van der Waals surface area contributed by atoms with Crippen LogP contribution in [0.3, 0.4) is 0 Å². The zero-order valence-electron chi connectivity index (χ0n) is 8.02. The summed E-state index contributed by atoms with van der Waals surface area (Å²) in [6.45, 7) is 0. The fraction of sp³-hybridized carbons (Fsp3) is 1.00. The Balaban J connectivity index is 5.92. The predicted octanol–water partition coefficient (Wildman–Crippen LogP) is 4.58. The first-order chi connectivity index (χ1) is 7.94. The number of hydrogen-bond donors (Lipinski definition) is 0. The fourth-order valence-corrected chi connectivity index (χ4v) is 0.854. The van der Waals surface area contributed by atoms with Gasteiger partial charge in [0.2, 0.25) is 0 Å². The Labute approximate surface area is 102 Å². The Morgan fingerprint density at radius 1 is 0.579 bits per heavy atom. The molecule has 0 heterocycles. The summed E-state index contributed by atoms with van der Waals surface area (Å²) in [6, 6.07) is 0. The van der Waals surface area contributed by atoms with Crippen LogP contribution in [0.25, 0.3) is 0 Å². The van der Waals surface area contributed by atoms with Crippen molar-refractivity contribution >= 4 is 12.6 Å². The van der Waals surface area contributed by atoms with Crippen LogP contribution in [-0.4, -0.2) is 35.4 Å². The van der Waals surface area contributed by atoms with Crippen molar-refractivity contribution in [2.45, 2.75) is 35.4 Å². The van der Waals surface area contributed by atoms with E-state index in [-0.39, 0.29) is 0 Å². The van der Waals surface area contributed by atoms with E-state index >= 15 is 0 Å². The molecule has 0 rings (SSSR count). The van der Waals surface area contributed by atoms with Gasteiger partial charge in [-0.25, -0.2) is 8.78 Å². The molecule has 13 heteroatoms. The zero-order valence-corrected chi connectivity index (χ0v) is 8.84. The van der Waals surface area contributed by atoms with Gasteiger partial charge in [-0.15, -0.1) is 0 Å². The normalized spacial score (nSPS) is 16.1. The van der Waals surface area contributed by atoms with E-state index in [1.807, 2.05) is 0 Å². The molecule has 0 aromatic carbocycles. The van der Waals surface area contributed by atoms with Gasteiger partial charge in [-0.2, -0.15) is 43.9 Å². The summed E-state index contributed by atoms with van der Waals surface area (Å²) in [7, 11) is 0. The highest BCUT2D eigenvalue weighted by atomic mass is 32.1. The second-order valence-electron chi connectivity index (χ2n) is 3.16. The maximum absolute atomic E-state index is 12.5. The zero-order chi connectivity index (χ0) is 16.1. The van der Waals surface area contributed by atoms with Crippen molar-refractivity contribution in [1.29, 1.82) is 0 Å². The molecule has 115 valence electrons. The molecule has 0 aliphatic heterocycles. The highest BCUT2D eigenvalue weighted by molar-refractivity contribution is 7.81. The number of rotatable bonds is 5. The molecule has 0 aliphatic rings. The second-order valence-corrected chi connectivity index (χ2v) is 3.68. The van der Waals surface area contributed by atoms with E-state index in [1.54, 1.807) is 0 Å². The van der Waals surface area contributed by atoms with Crippen molar-refractivity contribution in [1.82, 2.24) is 0 Å². The van der Waals surface area contributed by atoms with Gasteiger partial charge in [0.1, 0.15) is 0 Å². The van der Waals surface area contributed by atoms with E-state index < -0.39 is 35.4 Å². The third-order valence-electron chi connectivity index (χ3n) is 1.85. The monoisotopic (exact) mass is 333 g/mol. The Morgan fingerprint density at radius 3 is 1.11 bits per heavy atom. The fourth-order valence-electron chi connectivity index (χ4n) is 0.726. The van der Waals surface area contributed by atoms with Crippen LogP contribution in [0.5, 0.6) is 0 Å². The van der Waals surface area contributed by atoms with Crippen molar-refractivity contribution in [2.24, 2.45) is 0 Å². The number of hydrogen-bond acceptors (Lipinski definition) is 0. The van der Waals surface area contributed by atoms with Crippen molar-refractivity contribution in [3.05, 3.63) is 0 Å². The molecule has 0 spiro atoms. The lowest BCUT2D eigenvalue weighted by molar-refractivity contribution is -0.401. The third kappa shape index (κ3) is 2.44. The molecule has 0 fully saturated rings. The first-order valence-electron chi connectivity index (χ1n) is 3.82. The van der Waals surface area contributed by atoms with Crippen molar-refractivity contribution in [2.75, 3.05) is 0 Å². The lowest BCUT2D eigenvalue weighted by atomic mass is 9.99. The molecular weight excluding hydrogens is 332 g/mol. The van der Waals surface area contributed by atoms with Crippen LogP contribution in [0.2, 0.25) is 0 Å². The van der Waals surface area contributed by atoms with Crippen molar-refractivity contribution < 1.29 is 52.7 Å². The Hall–Kier alpha value is -0.490. The summed E-state index contributed by atoms with van der Waals surface area (Å²) in [5.74, 6) is -29.1. The Morgan fingerprint density at radius 2 is 0.895 bits per heavy atom. The largest absolute Gasteiger partial charge is 0.389 e. The number of alkyl halides is 12. The smallest absolute Gasteiger partial charge is 0.203 e. The maximum Gasteiger partial charge on any atom is 0.389 e. The van der Waals surface area contributed by atoms with Gasteiger partial charge in [0.05, 0.1) is 0 Å². The summed E-state index contributed by atoms with van der Waals surface area (Å²) in [4.78, 5) is 0. The van der Waals surface area contributed by atoms with Crippen LogP contribution in [0.15, 0.2) is 0 Å². The minimum Gasteiger partial charge on any atom is -0.203 e. The van der Waals surface area contributed by atoms with E-state index in [1.165, 1.54) is 0 Å². The van der Waals surface area contributed by atoms with Crippen LogP contribution >= 0.6 is 12.6 Å². The molecule has 19 heavy (non-hydrogen) atoms. The van der Waals surface area contributed by atoms with E-state index in [4.69, 9.17) is 0 Å². The molecule has 0 amide bonds. The van der Waals surface area contributed by atoms with E-state index in [2.05, 4.69) is 12.6 Å². The van der Waals surface area contributed by atoms with E-state index in [0.717, 1.165) is 0 Å². The van der Waals surface area contributed by atoms with Crippen molar-refractivity contribution in [3.8, 4) is 0 Å². The van der Waals surface area contributed by atoms with Gasteiger partial charge in [0.15, 0.2) is 0 Å². The number of halogens is 12. The van der Waals surface area contributed by atoms with Crippen LogP contribution in [0, 0.1) is 0 Å². The van der Waals surface area contributed by atoms with Crippen LogP contribution in [-0.2, 0) is 0 Å². The summed E-state index contributed by atoms with van der Waals surface area (Å²) in [5, 5.41) is -6.27. The second kappa shape index (κ2) is 4.52. The molecule has 0 bridgehead atoms. The van der Waals surface area contributed by atoms with Crippen LogP contribution < -0.4 is 0 Å². The minimum absolute atomic E-state index is 2.50. The van der Waals surface area contributed by atoms with Gasteiger partial charge in [-0.1, -0.05) is 0 Å². The average molecular weight is 333 g/mol. The first kappa shape index (κ1) is 18.5. The summed E-state index contributed by atoms with van der Waals surface area (Å²) >= 11 is 2.50.